The number of rotatable bonds is 9. The molecule has 0 aliphatic carbocycles. The molecule has 1 atom stereocenters. The SMILES string of the molecule is COC(=O)c1cccc(NC(=O)N2CCN(CC(OCc3ccc(C#N)cc3)c3cccc(OC)c3)CC2)c1C. The lowest BCUT2D eigenvalue weighted by Crippen LogP contribution is -2.50. The fourth-order valence-electron chi connectivity index (χ4n) is 4.63. The number of benzene rings is 3. The van der Waals surface area contributed by atoms with Crippen LogP contribution in [0.3, 0.4) is 0 Å². The number of nitrogens with one attached hydrogen (secondary N) is 1. The van der Waals surface area contributed by atoms with Gasteiger partial charge in [-0.1, -0.05) is 30.3 Å². The zero-order valence-electron chi connectivity index (χ0n) is 23.1. The first-order chi connectivity index (χ1) is 19.4. The van der Waals surface area contributed by atoms with Crippen molar-refractivity contribution in [2.24, 2.45) is 0 Å². The Morgan fingerprint density at radius 1 is 1.00 bits per heavy atom. The van der Waals surface area contributed by atoms with E-state index in [1.54, 1.807) is 49.3 Å². The van der Waals surface area contributed by atoms with Crippen LogP contribution in [0.15, 0.2) is 66.7 Å². The highest BCUT2D eigenvalue weighted by Gasteiger charge is 2.25. The second-order valence-electron chi connectivity index (χ2n) is 9.57. The van der Waals surface area contributed by atoms with Crippen LogP contribution in [0.2, 0.25) is 0 Å². The minimum absolute atomic E-state index is 0.203. The van der Waals surface area contributed by atoms with Gasteiger partial charge in [0.25, 0.3) is 0 Å². The molecule has 1 saturated heterocycles. The molecule has 9 nitrogen and oxygen atoms in total. The van der Waals surface area contributed by atoms with Crippen molar-refractivity contribution in [2.45, 2.75) is 19.6 Å². The Hall–Kier alpha value is -4.39. The molecule has 1 aliphatic rings. The van der Waals surface area contributed by atoms with Crippen molar-refractivity contribution in [3.8, 4) is 11.8 Å². The van der Waals surface area contributed by atoms with E-state index >= 15 is 0 Å². The Morgan fingerprint density at radius 2 is 1.73 bits per heavy atom. The molecule has 0 spiro atoms. The number of anilines is 1. The molecule has 0 aromatic heterocycles. The van der Waals surface area contributed by atoms with E-state index in [1.807, 2.05) is 36.4 Å². The Labute approximate surface area is 234 Å². The summed E-state index contributed by atoms with van der Waals surface area (Å²) in [6, 6.07) is 22.4. The normalized spacial score (nSPS) is 14.2. The third-order valence-corrected chi connectivity index (χ3v) is 7.06. The molecule has 4 rings (SSSR count). The maximum absolute atomic E-state index is 13.0. The summed E-state index contributed by atoms with van der Waals surface area (Å²) in [5.41, 5.74) is 4.29. The van der Waals surface area contributed by atoms with E-state index < -0.39 is 5.97 Å². The van der Waals surface area contributed by atoms with Crippen LogP contribution in [0.1, 0.15) is 38.7 Å². The minimum atomic E-state index is -0.436. The zero-order valence-corrected chi connectivity index (χ0v) is 23.1. The van der Waals surface area contributed by atoms with Crippen molar-refractivity contribution in [1.29, 1.82) is 5.26 Å². The van der Waals surface area contributed by atoms with Crippen LogP contribution < -0.4 is 10.1 Å². The van der Waals surface area contributed by atoms with Gasteiger partial charge in [-0.3, -0.25) is 4.90 Å². The molecule has 2 amide bonds. The minimum Gasteiger partial charge on any atom is -0.497 e. The number of urea groups is 1. The third kappa shape index (κ3) is 7.17. The first-order valence-electron chi connectivity index (χ1n) is 13.1. The maximum atomic E-state index is 13.0. The van der Waals surface area contributed by atoms with Crippen LogP contribution in [0, 0.1) is 18.3 Å². The van der Waals surface area contributed by atoms with Crippen LogP contribution >= 0.6 is 0 Å². The summed E-state index contributed by atoms with van der Waals surface area (Å²) in [7, 11) is 2.98. The van der Waals surface area contributed by atoms with Gasteiger partial charge >= 0.3 is 12.0 Å². The van der Waals surface area contributed by atoms with Crippen LogP contribution in [0.4, 0.5) is 10.5 Å². The number of methoxy groups -OCH3 is 2. The van der Waals surface area contributed by atoms with E-state index in [4.69, 9.17) is 19.5 Å². The molecule has 1 N–H and O–H groups in total. The lowest BCUT2D eigenvalue weighted by molar-refractivity contribution is 0.00584. The van der Waals surface area contributed by atoms with E-state index in [1.165, 1.54) is 7.11 Å². The van der Waals surface area contributed by atoms with Crippen molar-refractivity contribution < 1.29 is 23.8 Å². The second kappa shape index (κ2) is 13.6. The molecule has 0 saturated carbocycles. The smallest absolute Gasteiger partial charge is 0.338 e. The van der Waals surface area contributed by atoms with Crippen molar-refractivity contribution in [3.05, 3.63) is 94.5 Å². The monoisotopic (exact) mass is 542 g/mol. The first kappa shape index (κ1) is 28.6. The van der Waals surface area contributed by atoms with Gasteiger partial charge in [0.2, 0.25) is 0 Å². The lowest BCUT2D eigenvalue weighted by Gasteiger charge is -2.36. The highest BCUT2D eigenvalue weighted by atomic mass is 16.5. The van der Waals surface area contributed by atoms with Crippen LogP contribution in [0.25, 0.3) is 0 Å². The largest absolute Gasteiger partial charge is 0.497 e. The van der Waals surface area contributed by atoms with Gasteiger partial charge in [-0.05, 0) is 60.0 Å². The molecule has 1 heterocycles. The molecule has 0 radical (unpaired) electrons. The quantitative estimate of drug-likeness (QED) is 0.389. The number of amides is 2. The van der Waals surface area contributed by atoms with E-state index in [2.05, 4.69) is 16.3 Å². The number of carbonyl (C=O) groups is 2. The Morgan fingerprint density at radius 3 is 2.40 bits per heavy atom. The fraction of sp³-hybridized carbons (Fsp3) is 0.323. The van der Waals surface area contributed by atoms with Crippen LogP contribution in [-0.2, 0) is 16.1 Å². The number of ether oxygens (including phenoxy) is 3. The summed E-state index contributed by atoms with van der Waals surface area (Å²) in [5.74, 6) is 0.326. The van der Waals surface area contributed by atoms with Gasteiger partial charge < -0.3 is 24.4 Å². The second-order valence-corrected chi connectivity index (χ2v) is 9.57. The number of hydrogen-bond acceptors (Lipinski definition) is 7. The average molecular weight is 543 g/mol. The topological polar surface area (TPSA) is 104 Å². The summed E-state index contributed by atoms with van der Waals surface area (Å²) < 4.78 is 16.7. The summed E-state index contributed by atoms with van der Waals surface area (Å²) in [5, 5.41) is 12.0. The van der Waals surface area contributed by atoms with Crippen molar-refractivity contribution in [1.82, 2.24) is 9.80 Å². The standard InChI is InChI=1S/C31H34N4O5/c1-22-27(30(36)39-3)8-5-9-28(22)33-31(37)35-16-14-34(15-17-35)20-29(25-6-4-7-26(18-25)38-2)40-21-24-12-10-23(19-32)11-13-24/h4-13,18,29H,14-17,20-21H2,1-3H3,(H,33,37). The molecule has 9 heteroatoms. The molecule has 1 aliphatic heterocycles. The maximum Gasteiger partial charge on any atom is 0.338 e. The molecule has 40 heavy (non-hydrogen) atoms. The number of nitriles is 1. The zero-order chi connectivity index (χ0) is 28.5. The summed E-state index contributed by atoms with van der Waals surface area (Å²) in [6.07, 6.45) is -0.213. The van der Waals surface area contributed by atoms with Gasteiger partial charge in [0.15, 0.2) is 0 Å². The van der Waals surface area contributed by atoms with Crippen molar-refractivity contribution in [3.63, 3.8) is 0 Å². The van der Waals surface area contributed by atoms with Gasteiger partial charge in [0.1, 0.15) is 5.75 Å². The molecule has 3 aromatic carbocycles. The molecular formula is C31H34N4O5. The van der Waals surface area contributed by atoms with Gasteiger partial charge in [0.05, 0.1) is 44.1 Å². The Bertz CT molecular complexity index is 1360. The Kier molecular flexibility index (Phi) is 9.73. The van der Waals surface area contributed by atoms with E-state index in [-0.39, 0.29) is 12.1 Å². The Balaban J connectivity index is 1.38. The predicted molar refractivity (Wildman–Crippen MR) is 151 cm³/mol. The lowest BCUT2D eigenvalue weighted by atomic mass is 10.1. The molecule has 1 fully saturated rings. The molecule has 208 valence electrons. The highest BCUT2D eigenvalue weighted by molar-refractivity contribution is 5.96. The van der Waals surface area contributed by atoms with Crippen molar-refractivity contribution in [2.75, 3.05) is 52.3 Å². The van der Waals surface area contributed by atoms with Crippen LogP contribution in [-0.4, -0.2) is 68.7 Å². The number of nitrogens with zero attached hydrogens (tertiary/aromatic N) is 3. The number of esters is 1. The van der Waals surface area contributed by atoms with Gasteiger partial charge in [0, 0.05) is 38.4 Å². The van der Waals surface area contributed by atoms with Crippen molar-refractivity contribution >= 4 is 17.7 Å². The fourth-order valence-corrected chi connectivity index (χ4v) is 4.63. The van der Waals surface area contributed by atoms with Crippen LogP contribution in [0.5, 0.6) is 5.75 Å². The molecule has 0 bridgehead atoms. The molecule has 3 aromatic rings. The number of carbonyl (C=O) groups excluding carboxylic acids is 2. The number of hydrogen-bond donors (Lipinski definition) is 1. The third-order valence-electron chi connectivity index (χ3n) is 7.06. The highest BCUT2D eigenvalue weighted by Crippen LogP contribution is 2.26. The summed E-state index contributed by atoms with van der Waals surface area (Å²) >= 11 is 0. The average Bonchev–Trinajstić information content (AvgIpc) is 3.00. The van der Waals surface area contributed by atoms with E-state index in [0.717, 1.165) is 16.9 Å². The van der Waals surface area contributed by atoms with E-state index in [9.17, 15) is 9.59 Å². The molecular weight excluding hydrogens is 508 g/mol. The number of piperazine rings is 1. The summed E-state index contributed by atoms with van der Waals surface area (Å²) in [6.45, 7) is 5.34. The van der Waals surface area contributed by atoms with Gasteiger partial charge in [-0.2, -0.15) is 5.26 Å². The van der Waals surface area contributed by atoms with Gasteiger partial charge in [-0.15, -0.1) is 0 Å². The van der Waals surface area contributed by atoms with Gasteiger partial charge in [-0.25, -0.2) is 9.59 Å². The molecule has 1 unspecified atom stereocenters. The first-order valence-corrected chi connectivity index (χ1v) is 13.1. The predicted octanol–water partition coefficient (Wildman–Crippen LogP) is 4.77. The summed E-state index contributed by atoms with van der Waals surface area (Å²) in [4.78, 5) is 29.1. The van der Waals surface area contributed by atoms with E-state index in [0.29, 0.717) is 61.7 Å².